The Morgan fingerprint density at radius 2 is 1.94 bits per heavy atom. The lowest BCUT2D eigenvalue weighted by Gasteiger charge is -2.24. The van der Waals surface area contributed by atoms with E-state index < -0.39 is 0 Å². The molecule has 0 amide bonds. The predicted molar refractivity (Wildman–Crippen MR) is 67.3 cm³/mol. The Morgan fingerprint density at radius 3 is 2.44 bits per heavy atom. The van der Waals surface area contributed by atoms with E-state index in [0.29, 0.717) is 5.69 Å². The van der Waals surface area contributed by atoms with Crippen molar-refractivity contribution >= 4 is 5.69 Å². The highest BCUT2D eigenvalue weighted by molar-refractivity contribution is 5.56. The van der Waals surface area contributed by atoms with Crippen LogP contribution in [0.1, 0.15) is 18.5 Å². The molecule has 4 nitrogen and oxygen atoms in total. The molecular formula is C13H15FN4. The third-order valence-corrected chi connectivity index (χ3v) is 2.75. The number of nitrogens with one attached hydrogen (secondary N) is 1. The van der Waals surface area contributed by atoms with Gasteiger partial charge in [0.2, 0.25) is 0 Å². The number of anilines is 1. The van der Waals surface area contributed by atoms with Gasteiger partial charge in [-0.1, -0.05) is 0 Å². The molecule has 0 aliphatic heterocycles. The molecule has 1 aromatic carbocycles. The predicted octanol–water partition coefficient (Wildman–Crippen LogP) is 1.96. The lowest BCUT2D eigenvalue weighted by atomic mass is 10.0. The zero-order valence-corrected chi connectivity index (χ0v) is 10.4. The molecule has 1 atom stereocenters. The van der Waals surface area contributed by atoms with Crippen molar-refractivity contribution in [3.8, 4) is 12.1 Å². The van der Waals surface area contributed by atoms with Gasteiger partial charge < -0.3 is 10.2 Å². The lowest BCUT2D eigenvalue weighted by Crippen LogP contribution is -2.27. The summed E-state index contributed by atoms with van der Waals surface area (Å²) in [6.45, 7) is 2.10. The van der Waals surface area contributed by atoms with Crippen LogP contribution >= 0.6 is 0 Å². The molecule has 94 valence electrons. The quantitative estimate of drug-likeness (QED) is 0.807. The van der Waals surface area contributed by atoms with E-state index in [0.717, 1.165) is 5.56 Å². The molecule has 0 spiro atoms. The van der Waals surface area contributed by atoms with Crippen LogP contribution in [0.3, 0.4) is 0 Å². The molecule has 0 aliphatic rings. The summed E-state index contributed by atoms with van der Waals surface area (Å²) in [5, 5.41) is 20.6. The topological polar surface area (TPSA) is 62.9 Å². The average Bonchev–Trinajstić information content (AvgIpc) is 2.37. The number of nitriles is 2. The van der Waals surface area contributed by atoms with Gasteiger partial charge >= 0.3 is 0 Å². The van der Waals surface area contributed by atoms with Gasteiger partial charge in [0.05, 0.1) is 12.1 Å². The number of hydrogen-bond acceptors (Lipinski definition) is 4. The average molecular weight is 246 g/mol. The van der Waals surface area contributed by atoms with E-state index in [4.69, 9.17) is 10.5 Å². The molecule has 18 heavy (non-hydrogen) atoms. The lowest BCUT2D eigenvalue weighted by molar-refractivity contribution is 0.607. The second-order valence-corrected chi connectivity index (χ2v) is 3.89. The number of nitrogens with zero attached hydrogens (tertiary/aromatic N) is 3. The maximum Gasteiger partial charge on any atom is 0.123 e. The summed E-state index contributed by atoms with van der Waals surface area (Å²) in [5.41, 5.74) is 1.45. The molecule has 0 saturated carbocycles. The standard InChI is InChI=1S/C13H15FN4/c1-10(17-2)12-9-11(14)3-4-13(12)18(7-5-15)8-6-16/h3-4,9-10,17H,7-8H2,1-2H3. The zero-order valence-electron chi connectivity index (χ0n) is 10.4. The zero-order chi connectivity index (χ0) is 13.5. The number of benzene rings is 1. The second-order valence-electron chi connectivity index (χ2n) is 3.89. The summed E-state index contributed by atoms with van der Waals surface area (Å²) >= 11 is 0. The van der Waals surface area contributed by atoms with Crippen LogP contribution in [0.2, 0.25) is 0 Å². The van der Waals surface area contributed by atoms with Gasteiger partial charge in [-0.2, -0.15) is 10.5 Å². The SMILES string of the molecule is CNC(C)c1cc(F)ccc1N(CC#N)CC#N. The van der Waals surface area contributed by atoms with Crippen LogP contribution in [0.4, 0.5) is 10.1 Å². The summed E-state index contributed by atoms with van der Waals surface area (Å²) in [6.07, 6.45) is 0. The van der Waals surface area contributed by atoms with Gasteiger partial charge in [-0.3, -0.25) is 0 Å². The maximum atomic E-state index is 13.3. The maximum absolute atomic E-state index is 13.3. The molecule has 0 aliphatic carbocycles. The Hall–Kier alpha value is -2.11. The Bertz CT molecular complexity index is 471. The van der Waals surface area contributed by atoms with Crippen molar-refractivity contribution in [2.75, 3.05) is 25.0 Å². The van der Waals surface area contributed by atoms with Gasteiger partial charge in [0.25, 0.3) is 0 Å². The van der Waals surface area contributed by atoms with E-state index in [9.17, 15) is 4.39 Å². The number of hydrogen-bond donors (Lipinski definition) is 1. The van der Waals surface area contributed by atoms with Crippen molar-refractivity contribution < 1.29 is 4.39 Å². The molecule has 1 unspecified atom stereocenters. The highest BCUT2D eigenvalue weighted by Crippen LogP contribution is 2.27. The first-order valence-corrected chi connectivity index (χ1v) is 5.59. The fourth-order valence-corrected chi connectivity index (χ4v) is 1.71. The van der Waals surface area contributed by atoms with Gasteiger partial charge in [-0.25, -0.2) is 4.39 Å². The van der Waals surface area contributed by atoms with Crippen LogP contribution in [0.25, 0.3) is 0 Å². The van der Waals surface area contributed by atoms with E-state index in [1.165, 1.54) is 12.1 Å². The van der Waals surface area contributed by atoms with Crippen molar-refractivity contribution in [1.82, 2.24) is 5.32 Å². The Balaban J connectivity index is 3.21. The van der Waals surface area contributed by atoms with Crippen molar-refractivity contribution in [3.05, 3.63) is 29.6 Å². The molecule has 5 heteroatoms. The fraction of sp³-hybridized carbons (Fsp3) is 0.385. The van der Waals surface area contributed by atoms with Crippen LogP contribution in [-0.4, -0.2) is 20.1 Å². The largest absolute Gasteiger partial charge is 0.345 e. The van der Waals surface area contributed by atoms with Crippen molar-refractivity contribution in [2.24, 2.45) is 0 Å². The van der Waals surface area contributed by atoms with Gasteiger partial charge in [0.15, 0.2) is 0 Å². The summed E-state index contributed by atoms with van der Waals surface area (Å²) < 4.78 is 13.3. The first-order chi connectivity index (χ1) is 8.63. The summed E-state index contributed by atoms with van der Waals surface area (Å²) in [6, 6.07) is 8.33. The Morgan fingerprint density at radius 1 is 1.33 bits per heavy atom. The minimum atomic E-state index is -0.329. The molecular weight excluding hydrogens is 231 g/mol. The van der Waals surface area contributed by atoms with Crippen LogP contribution in [0.5, 0.6) is 0 Å². The summed E-state index contributed by atoms with van der Waals surface area (Å²) in [7, 11) is 1.78. The molecule has 0 aromatic heterocycles. The van der Waals surface area contributed by atoms with E-state index in [2.05, 4.69) is 5.32 Å². The van der Waals surface area contributed by atoms with Gasteiger partial charge in [-0.15, -0.1) is 0 Å². The summed E-state index contributed by atoms with van der Waals surface area (Å²) in [4.78, 5) is 1.63. The van der Waals surface area contributed by atoms with E-state index in [1.54, 1.807) is 18.0 Å². The van der Waals surface area contributed by atoms with Crippen molar-refractivity contribution in [1.29, 1.82) is 10.5 Å². The summed E-state index contributed by atoms with van der Waals surface area (Å²) in [5.74, 6) is -0.329. The first kappa shape index (κ1) is 14.0. The smallest absolute Gasteiger partial charge is 0.123 e. The third kappa shape index (κ3) is 3.19. The highest BCUT2D eigenvalue weighted by atomic mass is 19.1. The molecule has 0 radical (unpaired) electrons. The second kappa shape index (κ2) is 6.58. The molecule has 1 aromatic rings. The van der Waals surface area contributed by atoms with Crippen LogP contribution in [-0.2, 0) is 0 Å². The molecule has 0 fully saturated rings. The molecule has 0 saturated heterocycles. The molecule has 1 rings (SSSR count). The molecule has 0 heterocycles. The normalized spacial score (nSPS) is 11.4. The highest BCUT2D eigenvalue weighted by Gasteiger charge is 2.15. The van der Waals surface area contributed by atoms with Gasteiger partial charge in [0, 0.05) is 11.7 Å². The third-order valence-electron chi connectivity index (χ3n) is 2.75. The Kier molecular flexibility index (Phi) is 5.10. The van der Waals surface area contributed by atoms with Crippen LogP contribution in [0.15, 0.2) is 18.2 Å². The number of rotatable bonds is 5. The Labute approximate surface area is 106 Å². The van der Waals surface area contributed by atoms with Crippen LogP contribution in [0, 0.1) is 28.5 Å². The number of halogens is 1. The molecule has 0 bridgehead atoms. The minimum absolute atomic E-state index is 0.0596. The van der Waals surface area contributed by atoms with Crippen molar-refractivity contribution in [2.45, 2.75) is 13.0 Å². The molecule has 1 N–H and O–H groups in total. The first-order valence-electron chi connectivity index (χ1n) is 5.59. The van der Waals surface area contributed by atoms with Crippen LogP contribution < -0.4 is 10.2 Å². The van der Waals surface area contributed by atoms with E-state index >= 15 is 0 Å². The minimum Gasteiger partial charge on any atom is -0.345 e. The van der Waals surface area contributed by atoms with E-state index in [1.807, 2.05) is 19.1 Å². The van der Waals surface area contributed by atoms with E-state index in [-0.39, 0.29) is 24.9 Å². The monoisotopic (exact) mass is 246 g/mol. The fourth-order valence-electron chi connectivity index (χ4n) is 1.71. The van der Waals surface area contributed by atoms with Gasteiger partial charge in [0.1, 0.15) is 18.9 Å². The van der Waals surface area contributed by atoms with Crippen molar-refractivity contribution in [3.63, 3.8) is 0 Å². The van der Waals surface area contributed by atoms with Gasteiger partial charge in [-0.05, 0) is 37.7 Å².